The summed E-state index contributed by atoms with van der Waals surface area (Å²) in [6.07, 6.45) is 1.93. The van der Waals surface area contributed by atoms with Crippen LogP contribution in [0, 0.1) is 5.82 Å². The van der Waals surface area contributed by atoms with Crippen molar-refractivity contribution in [3.63, 3.8) is 0 Å². The molecule has 0 spiro atoms. The minimum atomic E-state index is -4.49. The molecule has 0 saturated carbocycles. The Morgan fingerprint density at radius 1 is 1.07 bits per heavy atom. The number of nitrogens with one attached hydrogen (secondary N) is 3. The zero-order chi connectivity index (χ0) is 30.4. The minimum Gasteiger partial charge on any atom is -0.337 e. The van der Waals surface area contributed by atoms with Crippen LogP contribution in [-0.2, 0) is 28.1 Å². The van der Waals surface area contributed by atoms with Gasteiger partial charge in [0.15, 0.2) is 0 Å². The lowest BCUT2D eigenvalue weighted by molar-refractivity contribution is -0.137. The van der Waals surface area contributed by atoms with Crippen molar-refractivity contribution in [2.24, 2.45) is 7.05 Å². The summed E-state index contributed by atoms with van der Waals surface area (Å²) in [7, 11) is -1.94. The molecule has 2 aromatic carbocycles. The van der Waals surface area contributed by atoms with E-state index in [0.717, 1.165) is 24.3 Å². The molecule has 216 valence electrons. The molecule has 0 unspecified atom stereocenters. The van der Waals surface area contributed by atoms with Crippen molar-refractivity contribution in [2.45, 2.75) is 6.18 Å². The molecular formula is C25H23F4N7O4S. The van der Waals surface area contributed by atoms with Crippen molar-refractivity contribution in [1.29, 1.82) is 0 Å². The third kappa shape index (κ3) is 9.40. The average Bonchev–Trinajstić information content (AvgIpc) is 3.29. The Hall–Kier alpha value is -4.83. The minimum absolute atomic E-state index is 0.0314. The van der Waals surface area contributed by atoms with E-state index in [2.05, 4.69) is 37.6 Å². The highest BCUT2D eigenvalue weighted by molar-refractivity contribution is 7.85. The fourth-order valence-corrected chi connectivity index (χ4v) is 3.22. The molecule has 4 rings (SSSR count). The Bertz CT molecular complexity index is 1650. The van der Waals surface area contributed by atoms with E-state index in [4.69, 9.17) is 4.55 Å². The number of aromatic nitrogens is 4. The zero-order valence-electron chi connectivity index (χ0n) is 21.4. The number of amides is 1. The van der Waals surface area contributed by atoms with Crippen LogP contribution in [0.5, 0.6) is 0 Å². The lowest BCUT2D eigenvalue weighted by atomic mass is 10.1. The number of hydrogen-bond donors (Lipinski definition) is 4. The number of hydrogen-bond acceptors (Lipinski definition) is 8. The number of carbonyl (C=O) groups is 1. The van der Waals surface area contributed by atoms with Gasteiger partial charge < -0.3 is 16.0 Å². The van der Waals surface area contributed by atoms with Gasteiger partial charge in [0, 0.05) is 30.7 Å². The van der Waals surface area contributed by atoms with Crippen LogP contribution in [0.15, 0.2) is 73.7 Å². The van der Waals surface area contributed by atoms with Crippen molar-refractivity contribution < 1.29 is 35.3 Å². The van der Waals surface area contributed by atoms with E-state index >= 15 is 0 Å². The molecule has 2 aromatic heterocycles. The number of carbonyl (C=O) groups excluding carboxylic acids is 1. The van der Waals surface area contributed by atoms with Crippen LogP contribution in [0.2, 0.25) is 0 Å². The molecule has 0 bridgehead atoms. The number of anilines is 5. The second-order valence-electron chi connectivity index (χ2n) is 8.30. The monoisotopic (exact) mass is 593 g/mol. The Morgan fingerprint density at radius 3 is 2.29 bits per heavy atom. The smallest absolute Gasteiger partial charge is 0.337 e. The Morgan fingerprint density at radius 2 is 1.73 bits per heavy atom. The van der Waals surface area contributed by atoms with Gasteiger partial charge in [0.2, 0.25) is 11.9 Å². The molecule has 0 aliphatic heterocycles. The molecule has 41 heavy (non-hydrogen) atoms. The van der Waals surface area contributed by atoms with E-state index in [1.54, 1.807) is 24.1 Å². The predicted molar refractivity (Wildman–Crippen MR) is 145 cm³/mol. The number of halogens is 4. The maximum atomic E-state index is 14.7. The van der Waals surface area contributed by atoms with E-state index in [1.807, 2.05) is 0 Å². The van der Waals surface area contributed by atoms with Gasteiger partial charge in [-0.15, -0.1) is 0 Å². The molecule has 11 nitrogen and oxygen atoms in total. The van der Waals surface area contributed by atoms with Crippen LogP contribution in [0.4, 0.5) is 46.4 Å². The first-order valence-electron chi connectivity index (χ1n) is 11.3. The molecule has 2 heterocycles. The Balaban J connectivity index is 0.000000850. The Kier molecular flexibility index (Phi) is 9.41. The number of rotatable bonds is 7. The first kappa shape index (κ1) is 30.7. The van der Waals surface area contributed by atoms with Crippen LogP contribution < -0.4 is 16.0 Å². The second-order valence-corrected chi connectivity index (χ2v) is 9.77. The Labute approximate surface area is 231 Å². The van der Waals surface area contributed by atoms with Crippen molar-refractivity contribution in [3.05, 3.63) is 85.1 Å². The normalized spacial score (nSPS) is 11.2. The molecule has 0 saturated heterocycles. The van der Waals surface area contributed by atoms with E-state index in [9.17, 15) is 30.8 Å². The summed E-state index contributed by atoms with van der Waals surface area (Å²) in [5.41, 5.74) is 0.730. The summed E-state index contributed by atoms with van der Waals surface area (Å²) in [4.78, 5) is 20.3. The molecule has 0 aliphatic carbocycles. The summed E-state index contributed by atoms with van der Waals surface area (Å²) in [6, 6.07) is 8.29. The fourth-order valence-electron chi connectivity index (χ4n) is 3.22. The lowest BCUT2D eigenvalue weighted by Gasteiger charge is -2.15. The van der Waals surface area contributed by atoms with Crippen LogP contribution in [0.25, 0.3) is 11.1 Å². The molecule has 16 heteroatoms. The van der Waals surface area contributed by atoms with Crippen LogP contribution in [-0.4, -0.2) is 44.9 Å². The van der Waals surface area contributed by atoms with Gasteiger partial charge in [0.25, 0.3) is 10.1 Å². The van der Waals surface area contributed by atoms with E-state index < -0.39 is 33.6 Å². The first-order valence-corrected chi connectivity index (χ1v) is 13.2. The predicted octanol–water partition coefficient (Wildman–Crippen LogP) is 5.15. The van der Waals surface area contributed by atoms with Crippen LogP contribution >= 0.6 is 0 Å². The third-order valence-corrected chi connectivity index (χ3v) is 4.95. The van der Waals surface area contributed by atoms with Gasteiger partial charge >= 0.3 is 6.18 Å². The highest BCUT2D eigenvalue weighted by Crippen LogP contribution is 2.34. The summed E-state index contributed by atoms with van der Waals surface area (Å²) in [6.45, 7) is 3.37. The molecule has 0 aliphatic rings. The number of nitrogens with zero attached hydrogens (tertiary/aromatic N) is 4. The van der Waals surface area contributed by atoms with Gasteiger partial charge in [0.05, 0.1) is 29.4 Å². The van der Waals surface area contributed by atoms with Gasteiger partial charge in [-0.3, -0.25) is 14.0 Å². The van der Waals surface area contributed by atoms with Gasteiger partial charge in [0.1, 0.15) is 11.6 Å². The summed E-state index contributed by atoms with van der Waals surface area (Å²) in [5, 5.41) is 12.4. The van der Waals surface area contributed by atoms with Crippen LogP contribution in [0.1, 0.15) is 5.56 Å². The first-order chi connectivity index (χ1) is 19.1. The average molecular weight is 594 g/mol. The quantitative estimate of drug-likeness (QED) is 0.130. The van der Waals surface area contributed by atoms with Crippen molar-refractivity contribution in [2.75, 3.05) is 22.2 Å². The molecular weight excluding hydrogens is 570 g/mol. The van der Waals surface area contributed by atoms with E-state index in [0.29, 0.717) is 28.8 Å². The molecule has 0 fully saturated rings. The SMILES string of the molecule is C=CC(=O)Nc1ccc(F)c(Nc2nc(Nc3cnn(C)c3)ncc2-c2ccc(C(F)(F)F)cc2)c1.CS(=O)(=O)O. The number of benzene rings is 2. The summed E-state index contributed by atoms with van der Waals surface area (Å²) in [5.74, 6) is -0.881. The van der Waals surface area contributed by atoms with E-state index in [-0.39, 0.29) is 17.5 Å². The highest BCUT2D eigenvalue weighted by atomic mass is 32.2. The topological polar surface area (TPSA) is 151 Å². The van der Waals surface area contributed by atoms with Crippen molar-refractivity contribution in [3.8, 4) is 11.1 Å². The molecule has 1 amide bonds. The fraction of sp³-hybridized carbons (Fsp3) is 0.120. The van der Waals surface area contributed by atoms with Crippen molar-refractivity contribution >= 4 is 44.9 Å². The molecule has 4 N–H and O–H groups in total. The van der Waals surface area contributed by atoms with Gasteiger partial charge in [-0.2, -0.15) is 31.7 Å². The molecule has 0 atom stereocenters. The zero-order valence-corrected chi connectivity index (χ0v) is 22.3. The molecule has 4 aromatic rings. The number of aryl methyl sites for hydroxylation is 1. The summed E-state index contributed by atoms with van der Waals surface area (Å²) < 4.78 is 81.1. The standard InChI is InChI=1S/C24H19F4N7O.CH4O3S/c1-3-21(36)31-16-8-9-19(25)20(10-16)33-22-18(14-4-6-15(7-5-14)24(26,27)28)12-29-23(34-22)32-17-11-30-35(2)13-17;1-5(2,3)4/h3-13H,1H2,2H3,(H,31,36)(H2,29,32,33,34);1H3,(H,2,3,4). The largest absolute Gasteiger partial charge is 0.416 e. The van der Waals surface area contributed by atoms with Crippen molar-refractivity contribution in [1.82, 2.24) is 19.7 Å². The maximum Gasteiger partial charge on any atom is 0.416 e. The molecule has 0 radical (unpaired) electrons. The number of alkyl halides is 3. The van der Waals surface area contributed by atoms with Gasteiger partial charge in [-0.05, 0) is 42.0 Å². The van der Waals surface area contributed by atoms with E-state index in [1.165, 1.54) is 30.5 Å². The maximum absolute atomic E-state index is 14.7. The second kappa shape index (κ2) is 12.6. The third-order valence-electron chi connectivity index (χ3n) is 4.95. The van der Waals surface area contributed by atoms with Gasteiger partial charge in [-0.1, -0.05) is 18.7 Å². The summed E-state index contributed by atoms with van der Waals surface area (Å²) >= 11 is 0. The van der Waals surface area contributed by atoms with Crippen LogP contribution in [0.3, 0.4) is 0 Å². The highest BCUT2D eigenvalue weighted by Gasteiger charge is 2.30. The van der Waals surface area contributed by atoms with Gasteiger partial charge in [-0.25, -0.2) is 9.37 Å². The lowest BCUT2D eigenvalue weighted by Crippen LogP contribution is -2.08.